The van der Waals surface area contributed by atoms with E-state index in [9.17, 15) is 18.0 Å². The van der Waals surface area contributed by atoms with Crippen LogP contribution in [0.3, 0.4) is 0 Å². The number of rotatable bonds is 0. The molecule has 1 aromatic heterocycles. The highest BCUT2D eigenvalue weighted by Gasteiger charge is 2.35. The van der Waals surface area contributed by atoms with E-state index >= 15 is 0 Å². The number of primary amides is 1. The van der Waals surface area contributed by atoms with Crippen molar-refractivity contribution in [2.45, 2.75) is 20.0 Å². The van der Waals surface area contributed by atoms with Crippen LogP contribution in [-0.2, 0) is 6.18 Å². The molecule has 1 rings (SSSR count). The van der Waals surface area contributed by atoms with Gasteiger partial charge in [0.15, 0.2) is 0 Å². The smallest absolute Gasteiger partial charge is 0.351 e. The number of hydrogen-bond donors (Lipinski definition) is 1. The summed E-state index contributed by atoms with van der Waals surface area (Å²) in [6.07, 6.45) is -3.73. The molecule has 0 unspecified atom stereocenters. The van der Waals surface area contributed by atoms with Crippen molar-refractivity contribution >= 4 is 6.03 Å². The van der Waals surface area contributed by atoms with Gasteiger partial charge in [0.2, 0.25) is 0 Å². The first-order valence-electron chi connectivity index (χ1n) is 3.80. The van der Waals surface area contributed by atoms with Crippen molar-refractivity contribution in [3.8, 4) is 0 Å². The molecule has 0 saturated heterocycles. The second kappa shape index (κ2) is 3.04. The quantitative estimate of drug-likeness (QED) is 0.693. The normalized spacial score (nSPS) is 11.8. The van der Waals surface area contributed by atoms with Crippen molar-refractivity contribution < 1.29 is 18.0 Å². The predicted molar refractivity (Wildman–Crippen MR) is 43.9 cm³/mol. The van der Waals surface area contributed by atoms with Crippen LogP contribution < -0.4 is 5.73 Å². The summed E-state index contributed by atoms with van der Waals surface area (Å²) in [6.45, 7) is 2.72. The molecule has 0 aromatic carbocycles. The molecule has 0 bridgehead atoms. The van der Waals surface area contributed by atoms with Gasteiger partial charge in [0.05, 0.1) is 5.56 Å². The lowest BCUT2D eigenvalue weighted by Crippen LogP contribution is -2.19. The number of halogens is 3. The molecule has 78 valence electrons. The van der Waals surface area contributed by atoms with Gasteiger partial charge in [-0.3, -0.25) is 4.57 Å². The lowest BCUT2D eigenvalue weighted by molar-refractivity contribution is -0.138. The SMILES string of the molecule is Cc1c(C(F)(F)F)cn(C(N)=O)c1C. The van der Waals surface area contributed by atoms with Gasteiger partial charge < -0.3 is 5.73 Å². The Morgan fingerprint density at radius 2 is 1.93 bits per heavy atom. The molecule has 14 heavy (non-hydrogen) atoms. The van der Waals surface area contributed by atoms with Crippen molar-refractivity contribution in [2.75, 3.05) is 0 Å². The fourth-order valence-electron chi connectivity index (χ4n) is 1.21. The first-order chi connectivity index (χ1) is 6.25. The molecule has 0 atom stereocenters. The fraction of sp³-hybridized carbons (Fsp3) is 0.375. The summed E-state index contributed by atoms with van der Waals surface area (Å²) in [7, 11) is 0. The van der Waals surface area contributed by atoms with Crippen molar-refractivity contribution in [3.63, 3.8) is 0 Å². The van der Waals surface area contributed by atoms with E-state index in [4.69, 9.17) is 5.73 Å². The van der Waals surface area contributed by atoms with E-state index in [1.165, 1.54) is 13.8 Å². The standard InChI is InChI=1S/C8H9F3N2O/c1-4-5(2)13(7(12)14)3-6(4)8(9,10)11/h3H,1-2H3,(H2,12,14). The van der Waals surface area contributed by atoms with Crippen LogP contribution >= 0.6 is 0 Å². The Bertz CT molecular complexity index is 379. The van der Waals surface area contributed by atoms with E-state index in [2.05, 4.69) is 0 Å². The summed E-state index contributed by atoms with van der Waals surface area (Å²) in [5, 5.41) is 0. The zero-order valence-corrected chi connectivity index (χ0v) is 7.64. The third-order valence-corrected chi connectivity index (χ3v) is 2.11. The number of carbonyl (C=O) groups is 1. The lowest BCUT2D eigenvalue weighted by atomic mass is 10.2. The fourth-order valence-corrected chi connectivity index (χ4v) is 1.21. The van der Waals surface area contributed by atoms with E-state index in [1.807, 2.05) is 0 Å². The Morgan fingerprint density at radius 3 is 2.14 bits per heavy atom. The average Bonchev–Trinajstić information content (AvgIpc) is 2.28. The second-order valence-corrected chi connectivity index (χ2v) is 2.96. The van der Waals surface area contributed by atoms with E-state index in [1.54, 1.807) is 0 Å². The van der Waals surface area contributed by atoms with Gasteiger partial charge in [-0.1, -0.05) is 0 Å². The highest BCUT2D eigenvalue weighted by Crippen LogP contribution is 2.33. The van der Waals surface area contributed by atoms with Crippen molar-refractivity contribution in [3.05, 3.63) is 23.0 Å². The van der Waals surface area contributed by atoms with Gasteiger partial charge in [0, 0.05) is 11.9 Å². The number of nitrogens with zero attached hydrogens (tertiary/aromatic N) is 1. The third-order valence-electron chi connectivity index (χ3n) is 2.11. The molecule has 0 aliphatic carbocycles. The van der Waals surface area contributed by atoms with Crippen LogP contribution in [0, 0.1) is 13.8 Å². The van der Waals surface area contributed by atoms with Gasteiger partial charge in [0.25, 0.3) is 0 Å². The molecule has 2 N–H and O–H groups in total. The Hall–Kier alpha value is -1.46. The minimum absolute atomic E-state index is 0.0244. The third kappa shape index (κ3) is 1.59. The van der Waals surface area contributed by atoms with Crippen molar-refractivity contribution in [1.82, 2.24) is 4.57 Å². The zero-order chi connectivity index (χ0) is 11.1. The molecule has 1 aromatic rings. The molecule has 0 saturated carbocycles. The van der Waals surface area contributed by atoms with Crippen LogP contribution in [0.15, 0.2) is 6.20 Å². The maximum Gasteiger partial charge on any atom is 0.418 e. The van der Waals surface area contributed by atoms with E-state index in [0.29, 0.717) is 6.20 Å². The van der Waals surface area contributed by atoms with Crippen LogP contribution in [0.4, 0.5) is 18.0 Å². The number of carbonyl (C=O) groups excluding carboxylic acids is 1. The minimum Gasteiger partial charge on any atom is -0.351 e. The summed E-state index contributed by atoms with van der Waals surface area (Å²) >= 11 is 0. The molecule has 0 aliphatic heterocycles. The maximum atomic E-state index is 12.3. The van der Waals surface area contributed by atoms with Gasteiger partial charge in [0.1, 0.15) is 0 Å². The molecule has 0 aliphatic rings. The van der Waals surface area contributed by atoms with Crippen LogP contribution in [-0.4, -0.2) is 10.6 Å². The van der Waals surface area contributed by atoms with E-state index in [0.717, 1.165) is 4.57 Å². The molecule has 1 amide bonds. The summed E-state index contributed by atoms with van der Waals surface area (Å²) < 4.78 is 37.8. The van der Waals surface area contributed by atoms with Gasteiger partial charge in [-0.25, -0.2) is 4.79 Å². The molecule has 1 heterocycles. The topological polar surface area (TPSA) is 48.0 Å². The molecule has 0 spiro atoms. The van der Waals surface area contributed by atoms with Crippen molar-refractivity contribution in [2.24, 2.45) is 5.73 Å². The Labute approximate surface area is 78.3 Å². The Kier molecular flexibility index (Phi) is 2.31. The number of aromatic nitrogens is 1. The van der Waals surface area contributed by atoms with Gasteiger partial charge >= 0.3 is 12.2 Å². The van der Waals surface area contributed by atoms with Crippen LogP contribution in [0.25, 0.3) is 0 Å². The molecular formula is C8H9F3N2O. The number of nitrogens with two attached hydrogens (primary N) is 1. The van der Waals surface area contributed by atoms with E-state index < -0.39 is 17.8 Å². The highest BCUT2D eigenvalue weighted by molar-refractivity contribution is 5.76. The average molecular weight is 206 g/mol. The van der Waals surface area contributed by atoms with E-state index in [-0.39, 0.29) is 11.3 Å². The van der Waals surface area contributed by atoms with Gasteiger partial charge in [-0.15, -0.1) is 0 Å². The monoisotopic (exact) mass is 206 g/mol. The molecule has 0 fully saturated rings. The zero-order valence-electron chi connectivity index (χ0n) is 7.64. The van der Waals surface area contributed by atoms with Crippen molar-refractivity contribution in [1.29, 1.82) is 0 Å². The maximum absolute atomic E-state index is 12.3. The number of alkyl halides is 3. The minimum atomic E-state index is -4.45. The summed E-state index contributed by atoms with van der Waals surface area (Å²) in [5.74, 6) is 0. The Balaban J connectivity index is 3.37. The Morgan fingerprint density at radius 1 is 1.43 bits per heavy atom. The largest absolute Gasteiger partial charge is 0.418 e. The van der Waals surface area contributed by atoms with Gasteiger partial charge in [-0.05, 0) is 19.4 Å². The first kappa shape index (κ1) is 10.6. The molecule has 0 radical (unpaired) electrons. The lowest BCUT2D eigenvalue weighted by Gasteiger charge is -2.03. The molecule has 3 nitrogen and oxygen atoms in total. The second-order valence-electron chi connectivity index (χ2n) is 2.96. The summed E-state index contributed by atoms with van der Waals surface area (Å²) in [6, 6.07) is -0.916. The van der Waals surface area contributed by atoms with Crippen LogP contribution in [0.2, 0.25) is 0 Å². The number of hydrogen-bond acceptors (Lipinski definition) is 1. The highest BCUT2D eigenvalue weighted by atomic mass is 19.4. The molecule has 6 heteroatoms. The summed E-state index contributed by atoms with van der Waals surface area (Å²) in [4.78, 5) is 10.7. The first-order valence-corrected chi connectivity index (χ1v) is 3.80. The predicted octanol–water partition coefficient (Wildman–Crippen LogP) is 2.05. The van der Waals surface area contributed by atoms with Crippen LogP contribution in [0.5, 0.6) is 0 Å². The number of amides is 1. The van der Waals surface area contributed by atoms with Gasteiger partial charge in [-0.2, -0.15) is 13.2 Å². The van der Waals surface area contributed by atoms with Crippen LogP contribution in [0.1, 0.15) is 16.8 Å². The summed E-state index contributed by atoms with van der Waals surface area (Å²) in [5.41, 5.74) is 4.31. The molecular weight excluding hydrogens is 197 g/mol.